The maximum atomic E-state index is 6.26. The Hall–Kier alpha value is -0.840. The van der Waals surface area contributed by atoms with Gasteiger partial charge in [0.1, 0.15) is 4.34 Å². The van der Waals surface area contributed by atoms with Crippen LogP contribution in [0.4, 0.5) is 0 Å². The third-order valence-corrected chi connectivity index (χ3v) is 5.45. The highest BCUT2D eigenvalue weighted by Gasteiger charge is 2.14. The van der Waals surface area contributed by atoms with Gasteiger partial charge in [0.25, 0.3) is 0 Å². The van der Waals surface area contributed by atoms with Crippen molar-refractivity contribution in [2.75, 3.05) is 5.75 Å². The van der Waals surface area contributed by atoms with Crippen LogP contribution in [0.1, 0.15) is 43.6 Å². The number of aromatic nitrogens is 1. The van der Waals surface area contributed by atoms with Crippen molar-refractivity contribution in [3.05, 3.63) is 46.5 Å². The molecule has 0 saturated heterocycles. The minimum atomic E-state index is 0.0539. The Kier molecular flexibility index (Phi) is 4.89. The van der Waals surface area contributed by atoms with Crippen molar-refractivity contribution >= 4 is 23.1 Å². The number of hydrogen-bond donors (Lipinski definition) is 1. The lowest BCUT2D eigenvalue weighted by Gasteiger charge is -2.20. The van der Waals surface area contributed by atoms with Crippen LogP contribution in [0.2, 0.25) is 0 Å². The lowest BCUT2D eigenvalue weighted by Crippen LogP contribution is -2.15. The zero-order chi connectivity index (χ0) is 14.8. The van der Waals surface area contributed by atoms with Gasteiger partial charge < -0.3 is 5.73 Å². The normalized spacial score (nSPS) is 13.4. The first-order valence-corrected chi connectivity index (χ1v) is 8.64. The van der Waals surface area contributed by atoms with E-state index in [0.717, 1.165) is 15.8 Å². The topological polar surface area (TPSA) is 38.9 Å². The summed E-state index contributed by atoms with van der Waals surface area (Å²) >= 11 is 3.43. The van der Waals surface area contributed by atoms with E-state index in [1.54, 1.807) is 23.1 Å². The molecule has 108 valence electrons. The van der Waals surface area contributed by atoms with Crippen LogP contribution in [0.25, 0.3) is 0 Å². The summed E-state index contributed by atoms with van der Waals surface area (Å²) in [5, 5.41) is 2.08. The molecule has 20 heavy (non-hydrogen) atoms. The van der Waals surface area contributed by atoms with E-state index in [9.17, 15) is 0 Å². The Bertz CT molecular complexity index is 553. The van der Waals surface area contributed by atoms with Crippen LogP contribution < -0.4 is 5.73 Å². The van der Waals surface area contributed by atoms with Crippen molar-refractivity contribution < 1.29 is 0 Å². The maximum Gasteiger partial charge on any atom is 0.150 e. The van der Waals surface area contributed by atoms with E-state index in [1.165, 1.54) is 11.1 Å². The van der Waals surface area contributed by atoms with Crippen molar-refractivity contribution in [1.29, 1.82) is 0 Å². The third-order valence-electron chi connectivity index (χ3n) is 3.19. The summed E-state index contributed by atoms with van der Waals surface area (Å²) in [6, 6.07) is 8.73. The number of hydrogen-bond acceptors (Lipinski definition) is 4. The first-order valence-electron chi connectivity index (χ1n) is 6.77. The fourth-order valence-electron chi connectivity index (χ4n) is 1.89. The summed E-state index contributed by atoms with van der Waals surface area (Å²) in [6.45, 7) is 8.69. The van der Waals surface area contributed by atoms with E-state index in [4.69, 9.17) is 5.73 Å². The molecule has 4 heteroatoms. The number of benzene rings is 1. The Morgan fingerprint density at radius 1 is 1.25 bits per heavy atom. The van der Waals surface area contributed by atoms with Crippen LogP contribution in [-0.4, -0.2) is 10.7 Å². The van der Waals surface area contributed by atoms with Crippen molar-refractivity contribution in [2.24, 2.45) is 5.73 Å². The second-order valence-electron chi connectivity index (χ2n) is 6.04. The Labute approximate surface area is 129 Å². The predicted molar refractivity (Wildman–Crippen MR) is 89.6 cm³/mol. The summed E-state index contributed by atoms with van der Waals surface area (Å²) in [5.41, 5.74) is 10.1. The largest absolute Gasteiger partial charge is 0.323 e. The van der Waals surface area contributed by atoms with E-state index in [2.05, 4.69) is 55.4 Å². The quantitative estimate of drug-likeness (QED) is 0.843. The predicted octanol–water partition coefficient (Wildman–Crippen LogP) is 4.54. The van der Waals surface area contributed by atoms with Crippen LogP contribution in [0.5, 0.6) is 0 Å². The van der Waals surface area contributed by atoms with Crippen LogP contribution >= 0.6 is 23.1 Å². The molecule has 1 heterocycles. The van der Waals surface area contributed by atoms with E-state index >= 15 is 0 Å². The first kappa shape index (κ1) is 15.5. The highest BCUT2D eigenvalue weighted by Crippen LogP contribution is 2.28. The molecule has 0 aliphatic rings. The number of rotatable bonds is 4. The van der Waals surface area contributed by atoms with Gasteiger partial charge in [0.2, 0.25) is 0 Å². The van der Waals surface area contributed by atoms with Crippen LogP contribution in [0, 0.1) is 6.92 Å². The summed E-state index contributed by atoms with van der Waals surface area (Å²) in [7, 11) is 0. The Morgan fingerprint density at radius 3 is 2.40 bits per heavy atom. The zero-order valence-electron chi connectivity index (χ0n) is 12.5. The van der Waals surface area contributed by atoms with E-state index in [-0.39, 0.29) is 11.5 Å². The Morgan fingerprint density at radius 2 is 1.90 bits per heavy atom. The number of nitrogens with zero attached hydrogens (tertiary/aromatic N) is 1. The number of nitrogens with two attached hydrogens (primary N) is 1. The second kappa shape index (κ2) is 6.29. The van der Waals surface area contributed by atoms with Gasteiger partial charge in [0, 0.05) is 22.9 Å². The molecule has 1 atom stereocenters. The monoisotopic (exact) mass is 306 g/mol. The molecule has 0 aliphatic heterocycles. The average Bonchev–Trinajstić information content (AvgIpc) is 2.81. The molecule has 2 aromatic rings. The summed E-state index contributed by atoms with van der Waals surface area (Å²) in [6.07, 6.45) is 0. The SMILES string of the molecule is Cc1csc(SCC(N)c2ccc(C(C)(C)C)cc2)n1. The van der Waals surface area contributed by atoms with E-state index in [1.807, 2.05) is 6.92 Å². The molecule has 0 fully saturated rings. The standard InChI is InChI=1S/C16H22N2S2/c1-11-9-19-15(18-11)20-10-14(17)12-5-7-13(8-6-12)16(2,3)4/h5-9,14H,10,17H2,1-4H3. The average molecular weight is 306 g/mol. The highest BCUT2D eigenvalue weighted by atomic mass is 32.2. The number of thiazole rings is 1. The molecule has 0 amide bonds. The second-order valence-corrected chi connectivity index (χ2v) is 8.17. The lowest BCUT2D eigenvalue weighted by atomic mass is 9.86. The molecule has 1 aromatic heterocycles. The fourth-order valence-corrected chi connectivity index (χ4v) is 3.75. The van der Waals surface area contributed by atoms with Gasteiger partial charge in [-0.2, -0.15) is 0 Å². The van der Waals surface area contributed by atoms with Crippen molar-refractivity contribution in [1.82, 2.24) is 4.98 Å². The van der Waals surface area contributed by atoms with Crippen molar-refractivity contribution in [2.45, 2.75) is 43.5 Å². The first-order chi connectivity index (χ1) is 9.36. The van der Waals surface area contributed by atoms with Crippen LogP contribution in [-0.2, 0) is 5.41 Å². The molecular formula is C16H22N2S2. The van der Waals surface area contributed by atoms with Gasteiger partial charge in [-0.05, 0) is 23.5 Å². The Balaban J connectivity index is 1.97. The van der Waals surface area contributed by atoms with Crippen molar-refractivity contribution in [3.63, 3.8) is 0 Å². The fraction of sp³-hybridized carbons (Fsp3) is 0.438. The zero-order valence-corrected chi connectivity index (χ0v) is 14.1. The molecule has 2 rings (SSSR count). The van der Waals surface area contributed by atoms with Crippen LogP contribution in [0.3, 0.4) is 0 Å². The molecule has 1 unspecified atom stereocenters. The molecular weight excluding hydrogens is 284 g/mol. The lowest BCUT2D eigenvalue weighted by molar-refractivity contribution is 0.589. The van der Waals surface area contributed by atoms with E-state index in [0.29, 0.717) is 0 Å². The van der Waals surface area contributed by atoms with Crippen molar-refractivity contribution in [3.8, 4) is 0 Å². The van der Waals surface area contributed by atoms with Gasteiger partial charge in [-0.1, -0.05) is 56.8 Å². The molecule has 2 nitrogen and oxygen atoms in total. The molecule has 1 aromatic carbocycles. The van der Waals surface area contributed by atoms with Gasteiger partial charge in [0.05, 0.1) is 0 Å². The molecule has 0 spiro atoms. The van der Waals surface area contributed by atoms with Gasteiger partial charge in [-0.25, -0.2) is 4.98 Å². The van der Waals surface area contributed by atoms with Crippen LogP contribution in [0.15, 0.2) is 34.0 Å². The number of aryl methyl sites for hydroxylation is 1. The molecule has 0 saturated carbocycles. The molecule has 0 aliphatic carbocycles. The summed E-state index contributed by atoms with van der Waals surface area (Å²) in [4.78, 5) is 4.45. The molecule has 2 N–H and O–H groups in total. The smallest absolute Gasteiger partial charge is 0.150 e. The summed E-state index contributed by atoms with van der Waals surface area (Å²) < 4.78 is 1.10. The summed E-state index contributed by atoms with van der Waals surface area (Å²) in [5.74, 6) is 0.863. The minimum absolute atomic E-state index is 0.0539. The van der Waals surface area contributed by atoms with Gasteiger partial charge in [-0.15, -0.1) is 11.3 Å². The van der Waals surface area contributed by atoms with Gasteiger partial charge >= 0.3 is 0 Å². The van der Waals surface area contributed by atoms with Gasteiger partial charge in [-0.3, -0.25) is 0 Å². The highest BCUT2D eigenvalue weighted by molar-refractivity contribution is 8.01. The molecule has 0 radical (unpaired) electrons. The minimum Gasteiger partial charge on any atom is -0.323 e. The maximum absolute atomic E-state index is 6.26. The third kappa shape index (κ3) is 4.08. The van der Waals surface area contributed by atoms with Gasteiger partial charge in [0.15, 0.2) is 0 Å². The molecule has 0 bridgehead atoms. The number of thioether (sulfide) groups is 1. The van der Waals surface area contributed by atoms with E-state index < -0.39 is 0 Å².